The van der Waals surface area contributed by atoms with Crippen LogP contribution in [0.5, 0.6) is 0 Å². The molecule has 0 aliphatic heterocycles. The van der Waals surface area contributed by atoms with Gasteiger partial charge in [0.15, 0.2) is 0 Å². The lowest BCUT2D eigenvalue weighted by atomic mass is 9.98. The molecule has 0 saturated carbocycles. The van der Waals surface area contributed by atoms with E-state index in [1.54, 1.807) is 49.3 Å². The number of halogens is 1. The maximum atomic E-state index is 14.3. The van der Waals surface area contributed by atoms with Gasteiger partial charge in [0.25, 0.3) is 11.5 Å². The highest BCUT2D eigenvalue weighted by Gasteiger charge is 2.33. The molecule has 244 valence electrons. The van der Waals surface area contributed by atoms with Gasteiger partial charge in [0.1, 0.15) is 12.4 Å². The number of amides is 2. The van der Waals surface area contributed by atoms with E-state index in [4.69, 9.17) is 21.3 Å². The van der Waals surface area contributed by atoms with E-state index in [2.05, 4.69) is 12.2 Å². The van der Waals surface area contributed by atoms with E-state index in [0.717, 1.165) is 22.6 Å². The first kappa shape index (κ1) is 35.4. The van der Waals surface area contributed by atoms with Crippen molar-refractivity contribution < 1.29 is 14.3 Å². The number of benzene rings is 3. The first-order valence-electron chi connectivity index (χ1n) is 15.5. The lowest BCUT2D eigenvalue weighted by Gasteiger charge is -2.35. The zero-order chi connectivity index (χ0) is 33.1. The largest absolute Gasteiger partial charge is 0.449 e. The molecule has 1 atom stereocenters. The van der Waals surface area contributed by atoms with Gasteiger partial charge in [-0.2, -0.15) is 0 Å². The molecule has 46 heavy (non-hydrogen) atoms. The Hall–Kier alpha value is -3.47. The standard InChI is InChI=1S/C35H41ClN4O4S2/c1-5-45-46-21-20-44-35(43)37-18-9-19-39(33(41)27-14-12-25(4)13-15-27)31(24(2)3)32-38-30-22-28(36)16-17-29(30)34(42)40(32)23-26-10-7-6-8-11-26/h6-8,10-17,22,24,31H,5,9,18-21,23H2,1-4H3,(H,37,43). The number of hydrogen-bond donors (Lipinski definition) is 1. The van der Waals surface area contributed by atoms with Crippen LogP contribution in [0, 0.1) is 12.8 Å². The summed E-state index contributed by atoms with van der Waals surface area (Å²) in [5.41, 5.74) is 2.79. The summed E-state index contributed by atoms with van der Waals surface area (Å²) in [6.45, 7) is 9.34. The van der Waals surface area contributed by atoms with Crippen LogP contribution in [0.15, 0.2) is 77.6 Å². The summed E-state index contributed by atoms with van der Waals surface area (Å²) in [6.07, 6.45) is -0.0118. The van der Waals surface area contributed by atoms with Gasteiger partial charge in [0.2, 0.25) is 0 Å². The lowest BCUT2D eigenvalue weighted by molar-refractivity contribution is 0.0601. The molecule has 1 heterocycles. The number of carbonyl (C=O) groups is 2. The molecule has 8 nitrogen and oxygen atoms in total. The Balaban J connectivity index is 1.70. The van der Waals surface area contributed by atoms with Gasteiger partial charge in [-0.3, -0.25) is 14.2 Å². The van der Waals surface area contributed by atoms with Crippen molar-refractivity contribution in [3.8, 4) is 0 Å². The second kappa shape index (κ2) is 17.4. The fourth-order valence-corrected chi connectivity index (χ4v) is 6.84. The van der Waals surface area contributed by atoms with E-state index in [1.807, 2.05) is 75.4 Å². The number of carbonyl (C=O) groups excluding carboxylic acids is 2. The average molecular weight is 681 g/mol. The van der Waals surface area contributed by atoms with Crippen molar-refractivity contribution in [3.63, 3.8) is 0 Å². The minimum absolute atomic E-state index is 0.114. The highest BCUT2D eigenvalue weighted by molar-refractivity contribution is 8.76. The van der Waals surface area contributed by atoms with E-state index in [1.165, 1.54) is 0 Å². The van der Waals surface area contributed by atoms with Crippen LogP contribution in [0.25, 0.3) is 10.9 Å². The summed E-state index contributed by atoms with van der Waals surface area (Å²) >= 11 is 6.34. The van der Waals surface area contributed by atoms with Gasteiger partial charge < -0.3 is 15.0 Å². The van der Waals surface area contributed by atoms with E-state index in [9.17, 15) is 14.4 Å². The molecule has 0 aliphatic rings. The molecule has 0 bridgehead atoms. The molecule has 1 unspecified atom stereocenters. The summed E-state index contributed by atoms with van der Waals surface area (Å²) < 4.78 is 6.97. The number of rotatable bonds is 15. The molecule has 2 amide bonds. The molecule has 4 aromatic rings. The predicted molar refractivity (Wildman–Crippen MR) is 191 cm³/mol. The van der Waals surface area contributed by atoms with E-state index >= 15 is 0 Å². The Labute approximate surface area is 283 Å². The Morgan fingerprint density at radius 3 is 2.48 bits per heavy atom. The molecule has 4 rings (SSSR count). The smallest absolute Gasteiger partial charge is 0.407 e. The fourth-order valence-electron chi connectivity index (χ4n) is 5.18. The number of ether oxygens (including phenoxy) is 1. The van der Waals surface area contributed by atoms with Crippen LogP contribution in [-0.2, 0) is 11.3 Å². The molecule has 3 aromatic carbocycles. The Morgan fingerprint density at radius 1 is 1.04 bits per heavy atom. The van der Waals surface area contributed by atoms with Crippen LogP contribution >= 0.6 is 33.2 Å². The topological polar surface area (TPSA) is 93.5 Å². The van der Waals surface area contributed by atoms with Crippen LogP contribution in [0.3, 0.4) is 0 Å². The molecule has 0 fully saturated rings. The quantitative estimate of drug-likeness (QED) is 0.101. The second-order valence-electron chi connectivity index (χ2n) is 11.2. The van der Waals surface area contributed by atoms with Crippen LogP contribution in [-0.4, -0.2) is 57.7 Å². The molecule has 0 radical (unpaired) electrons. The number of fused-ring (bicyclic) bond motifs is 1. The zero-order valence-electron chi connectivity index (χ0n) is 26.7. The third-order valence-electron chi connectivity index (χ3n) is 7.37. The van der Waals surface area contributed by atoms with Gasteiger partial charge in [-0.05, 0) is 55.2 Å². The number of aryl methyl sites for hydroxylation is 1. The van der Waals surface area contributed by atoms with Gasteiger partial charge in [-0.25, -0.2) is 9.78 Å². The monoisotopic (exact) mass is 680 g/mol. The molecule has 1 N–H and O–H groups in total. The molecular formula is C35H41ClN4O4S2. The van der Waals surface area contributed by atoms with E-state index < -0.39 is 12.1 Å². The first-order chi connectivity index (χ1) is 22.2. The minimum Gasteiger partial charge on any atom is -0.449 e. The Kier molecular flexibility index (Phi) is 13.4. The van der Waals surface area contributed by atoms with Crippen molar-refractivity contribution in [2.45, 2.75) is 46.7 Å². The highest BCUT2D eigenvalue weighted by Crippen LogP contribution is 2.31. The van der Waals surface area contributed by atoms with Gasteiger partial charge in [0.05, 0.1) is 23.5 Å². The van der Waals surface area contributed by atoms with Crippen LogP contribution in [0.4, 0.5) is 4.79 Å². The highest BCUT2D eigenvalue weighted by atomic mass is 35.5. The predicted octanol–water partition coefficient (Wildman–Crippen LogP) is 7.76. The van der Waals surface area contributed by atoms with E-state index in [-0.39, 0.29) is 17.4 Å². The summed E-state index contributed by atoms with van der Waals surface area (Å²) in [5, 5.41) is 3.73. The van der Waals surface area contributed by atoms with Crippen molar-refractivity contribution in [1.29, 1.82) is 0 Å². The van der Waals surface area contributed by atoms with Gasteiger partial charge in [-0.1, -0.05) is 102 Å². The minimum atomic E-state index is -0.561. The Bertz CT molecular complexity index is 1670. The van der Waals surface area contributed by atoms with Crippen molar-refractivity contribution in [3.05, 3.63) is 111 Å². The van der Waals surface area contributed by atoms with Crippen LogP contribution < -0.4 is 10.9 Å². The summed E-state index contributed by atoms with van der Waals surface area (Å²) in [5.74, 6) is 1.90. The molecule has 11 heteroatoms. The van der Waals surface area contributed by atoms with Gasteiger partial charge in [0, 0.05) is 35.2 Å². The lowest BCUT2D eigenvalue weighted by Crippen LogP contribution is -2.42. The number of nitrogens with zero attached hydrogens (tertiary/aromatic N) is 3. The van der Waals surface area contributed by atoms with E-state index in [0.29, 0.717) is 60.0 Å². The number of nitrogens with one attached hydrogen (secondary N) is 1. The van der Waals surface area contributed by atoms with Crippen LogP contribution in [0.1, 0.15) is 60.5 Å². The summed E-state index contributed by atoms with van der Waals surface area (Å²) in [6, 6.07) is 21.7. The SMILES string of the molecule is CCSSCCOC(=O)NCCCN(C(=O)c1ccc(C)cc1)C(c1nc2cc(Cl)ccc2c(=O)n1Cc1ccccc1)C(C)C. The Morgan fingerprint density at radius 2 is 1.78 bits per heavy atom. The number of aromatic nitrogens is 2. The molecule has 0 aliphatic carbocycles. The van der Waals surface area contributed by atoms with Crippen LogP contribution in [0.2, 0.25) is 5.02 Å². The molecular weight excluding hydrogens is 640 g/mol. The molecule has 1 aromatic heterocycles. The van der Waals surface area contributed by atoms with Crippen molar-refractivity contribution in [2.75, 3.05) is 31.2 Å². The van der Waals surface area contributed by atoms with Crippen molar-refractivity contribution in [1.82, 2.24) is 19.8 Å². The molecule has 0 saturated heterocycles. The summed E-state index contributed by atoms with van der Waals surface area (Å²) in [7, 11) is 3.39. The maximum Gasteiger partial charge on any atom is 0.407 e. The fraction of sp³-hybridized carbons (Fsp3) is 0.371. The summed E-state index contributed by atoms with van der Waals surface area (Å²) in [4.78, 5) is 47.5. The average Bonchev–Trinajstić information content (AvgIpc) is 3.04. The third kappa shape index (κ3) is 9.53. The zero-order valence-corrected chi connectivity index (χ0v) is 29.1. The number of hydrogen-bond acceptors (Lipinski definition) is 7. The van der Waals surface area contributed by atoms with Crippen molar-refractivity contribution >= 4 is 56.1 Å². The third-order valence-corrected chi connectivity index (χ3v) is 10.0. The second-order valence-corrected chi connectivity index (χ2v) is 14.5. The normalized spacial score (nSPS) is 11.9. The van der Waals surface area contributed by atoms with Gasteiger partial charge in [-0.15, -0.1) is 0 Å². The maximum absolute atomic E-state index is 14.3. The number of alkyl carbamates (subject to hydrolysis) is 1. The first-order valence-corrected chi connectivity index (χ1v) is 18.3. The van der Waals surface area contributed by atoms with Crippen molar-refractivity contribution in [2.24, 2.45) is 5.92 Å². The molecule has 0 spiro atoms. The van der Waals surface area contributed by atoms with Gasteiger partial charge >= 0.3 is 6.09 Å².